The predicted octanol–water partition coefficient (Wildman–Crippen LogP) is 5.17. The maximum absolute atomic E-state index is 13.0. The summed E-state index contributed by atoms with van der Waals surface area (Å²) in [7, 11) is 0. The van der Waals surface area contributed by atoms with Gasteiger partial charge in [-0.05, 0) is 48.4 Å². The van der Waals surface area contributed by atoms with E-state index in [9.17, 15) is 28.1 Å². The van der Waals surface area contributed by atoms with Crippen LogP contribution in [0.4, 0.5) is 24.5 Å². The van der Waals surface area contributed by atoms with Crippen LogP contribution in [0.3, 0.4) is 0 Å². The van der Waals surface area contributed by atoms with Crippen LogP contribution in [-0.4, -0.2) is 23.9 Å². The van der Waals surface area contributed by atoms with Crippen molar-refractivity contribution in [3.63, 3.8) is 0 Å². The molecule has 1 aliphatic carbocycles. The van der Waals surface area contributed by atoms with Crippen LogP contribution < -0.4 is 10.2 Å². The molecule has 0 bridgehead atoms. The van der Waals surface area contributed by atoms with Gasteiger partial charge in [-0.25, -0.2) is 0 Å². The Morgan fingerprint density at radius 2 is 1.69 bits per heavy atom. The lowest BCUT2D eigenvalue weighted by atomic mass is 9.82. The predicted molar refractivity (Wildman–Crippen MR) is 113 cm³/mol. The number of carbonyl (C=O) groups excluding carboxylic acids is 1. The highest BCUT2D eigenvalue weighted by Crippen LogP contribution is 2.38. The number of halogens is 3. The number of nitro benzene ring substituents is 1. The molecule has 32 heavy (non-hydrogen) atoms. The fourth-order valence-electron chi connectivity index (χ4n) is 4.74. The van der Waals surface area contributed by atoms with E-state index >= 15 is 0 Å². The SMILES string of the molecule is O=C(NCc1ccc(N2CC3CCCCC3C2)cc1)c1cc([N+](=O)[O-])cc(C(F)(F)F)c1. The Hall–Kier alpha value is -3.10. The first kappa shape index (κ1) is 22.1. The minimum absolute atomic E-state index is 0.106. The Kier molecular flexibility index (Phi) is 6.08. The summed E-state index contributed by atoms with van der Waals surface area (Å²) in [5.41, 5.74) is -0.487. The van der Waals surface area contributed by atoms with Crippen molar-refractivity contribution < 1.29 is 22.9 Å². The molecule has 0 radical (unpaired) electrons. The molecule has 4 rings (SSSR count). The number of nitrogens with one attached hydrogen (secondary N) is 1. The van der Waals surface area contributed by atoms with Gasteiger partial charge >= 0.3 is 6.18 Å². The first-order valence-corrected chi connectivity index (χ1v) is 10.7. The number of fused-ring (bicyclic) bond motifs is 1. The molecule has 2 aliphatic rings. The number of alkyl halides is 3. The summed E-state index contributed by atoms with van der Waals surface area (Å²) >= 11 is 0. The third-order valence-corrected chi connectivity index (χ3v) is 6.45. The molecule has 0 spiro atoms. The van der Waals surface area contributed by atoms with E-state index in [-0.39, 0.29) is 6.54 Å². The molecular weight excluding hydrogens is 423 g/mol. The van der Waals surface area contributed by atoms with E-state index in [4.69, 9.17) is 0 Å². The second-order valence-electron chi connectivity index (χ2n) is 8.58. The molecule has 1 heterocycles. The Morgan fingerprint density at radius 3 is 2.25 bits per heavy atom. The first-order valence-electron chi connectivity index (χ1n) is 10.7. The molecule has 1 saturated heterocycles. The van der Waals surface area contributed by atoms with Gasteiger partial charge in [0.2, 0.25) is 0 Å². The molecule has 1 N–H and O–H groups in total. The smallest absolute Gasteiger partial charge is 0.371 e. The molecule has 1 amide bonds. The molecule has 6 nitrogen and oxygen atoms in total. The number of carbonyl (C=O) groups is 1. The van der Waals surface area contributed by atoms with Gasteiger partial charge in [0, 0.05) is 43.0 Å². The van der Waals surface area contributed by atoms with Gasteiger partial charge in [-0.3, -0.25) is 14.9 Å². The normalized spacial score (nSPS) is 20.7. The molecule has 1 aliphatic heterocycles. The highest BCUT2D eigenvalue weighted by atomic mass is 19.4. The van der Waals surface area contributed by atoms with Gasteiger partial charge in [-0.15, -0.1) is 0 Å². The summed E-state index contributed by atoms with van der Waals surface area (Å²) in [6, 6.07) is 9.64. The molecule has 2 atom stereocenters. The standard InChI is InChI=1S/C23H24F3N3O3/c24-23(25,26)19-9-18(10-21(11-19)29(31)32)22(30)27-12-15-5-7-20(8-6-15)28-13-16-3-1-2-4-17(16)14-28/h5-11,16-17H,1-4,12-14H2,(H,27,30). The van der Waals surface area contributed by atoms with Crippen LogP contribution in [0, 0.1) is 22.0 Å². The van der Waals surface area contributed by atoms with E-state index in [0.717, 1.165) is 42.2 Å². The van der Waals surface area contributed by atoms with Crippen molar-refractivity contribution in [3.8, 4) is 0 Å². The zero-order valence-corrected chi connectivity index (χ0v) is 17.4. The van der Waals surface area contributed by atoms with Crippen molar-refractivity contribution in [3.05, 3.63) is 69.3 Å². The van der Waals surface area contributed by atoms with Crippen molar-refractivity contribution in [2.24, 2.45) is 11.8 Å². The fourth-order valence-corrected chi connectivity index (χ4v) is 4.74. The average molecular weight is 447 g/mol. The van der Waals surface area contributed by atoms with Gasteiger partial charge in [0.05, 0.1) is 10.5 Å². The van der Waals surface area contributed by atoms with Gasteiger partial charge in [0.25, 0.3) is 11.6 Å². The van der Waals surface area contributed by atoms with E-state index in [1.807, 2.05) is 24.3 Å². The Balaban J connectivity index is 1.40. The number of nitrogens with zero attached hydrogens (tertiary/aromatic N) is 2. The highest BCUT2D eigenvalue weighted by molar-refractivity contribution is 5.95. The quantitative estimate of drug-likeness (QED) is 0.507. The lowest BCUT2D eigenvalue weighted by Crippen LogP contribution is -2.24. The molecule has 9 heteroatoms. The van der Waals surface area contributed by atoms with Crippen LogP contribution in [0.1, 0.15) is 47.2 Å². The minimum atomic E-state index is -4.79. The first-order chi connectivity index (χ1) is 15.2. The van der Waals surface area contributed by atoms with Crippen LogP contribution in [0.15, 0.2) is 42.5 Å². The molecule has 170 valence electrons. The summed E-state index contributed by atoms with van der Waals surface area (Å²) in [6.45, 7) is 2.23. The van der Waals surface area contributed by atoms with Crippen LogP contribution in [0.25, 0.3) is 0 Å². The molecular formula is C23H24F3N3O3. The Labute approximate surface area is 183 Å². The van der Waals surface area contributed by atoms with E-state index in [1.54, 1.807) is 0 Å². The van der Waals surface area contributed by atoms with Crippen molar-refractivity contribution in [2.75, 3.05) is 18.0 Å². The molecule has 2 fully saturated rings. The summed E-state index contributed by atoms with van der Waals surface area (Å²) < 4.78 is 39.1. The molecule has 2 aromatic carbocycles. The lowest BCUT2D eigenvalue weighted by Gasteiger charge is -2.22. The zero-order valence-electron chi connectivity index (χ0n) is 17.4. The fraction of sp³-hybridized carbons (Fsp3) is 0.435. The van der Waals surface area contributed by atoms with Crippen LogP contribution in [-0.2, 0) is 12.7 Å². The van der Waals surface area contributed by atoms with Gasteiger partial charge in [-0.2, -0.15) is 13.2 Å². The number of benzene rings is 2. The van der Waals surface area contributed by atoms with Crippen LogP contribution >= 0.6 is 0 Å². The topological polar surface area (TPSA) is 75.5 Å². The molecule has 1 saturated carbocycles. The third-order valence-electron chi connectivity index (χ3n) is 6.45. The Morgan fingerprint density at radius 1 is 1.06 bits per heavy atom. The highest BCUT2D eigenvalue weighted by Gasteiger charge is 2.35. The number of hydrogen-bond donors (Lipinski definition) is 1. The number of anilines is 1. The third kappa shape index (κ3) is 4.87. The van der Waals surface area contributed by atoms with Crippen molar-refractivity contribution in [1.29, 1.82) is 0 Å². The summed E-state index contributed by atoms with van der Waals surface area (Å²) in [5, 5.41) is 13.5. The second-order valence-corrected chi connectivity index (χ2v) is 8.58. The maximum Gasteiger partial charge on any atom is 0.416 e. The van der Waals surface area contributed by atoms with Crippen molar-refractivity contribution >= 4 is 17.3 Å². The van der Waals surface area contributed by atoms with E-state index < -0.39 is 33.8 Å². The molecule has 2 aromatic rings. The number of nitro groups is 1. The van der Waals surface area contributed by atoms with E-state index in [0.29, 0.717) is 12.1 Å². The Bertz CT molecular complexity index is 994. The second kappa shape index (κ2) is 8.80. The van der Waals surface area contributed by atoms with E-state index in [2.05, 4.69) is 10.2 Å². The average Bonchev–Trinajstić information content (AvgIpc) is 3.21. The molecule has 2 unspecified atom stereocenters. The number of hydrogen-bond acceptors (Lipinski definition) is 4. The van der Waals surface area contributed by atoms with Gasteiger partial charge in [0.1, 0.15) is 0 Å². The lowest BCUT2D eigenvalue weighted by molar-refractivity contribution is -0.385. The van der Waals surface area contributed by atoms with Gasteiger partial charge < -0.3 is 10.2 Å². The van der Waals surface area contributed by atoms with Gasteiger partial charge in [-0.1, -0.05) is 25.0 Å². The van der Waals surface area contributed by atoms with Crippen LogP contribution in [0.2, 0.25) is 0 Å². The maximum atomic E-state index is 13.0. The van der Waals surface area contributed by atoms with Crippen LogP contribution in [0.5, 0.6) is 0 Å². The summed E-state index contributed by atoms with van der Waals surface area (Å²) in [6.07, 6.45) is 0.410. The summed E-state index contributed by atoms with van der Waals surface area (Å²) in [4.78, 5) is 24.8. The van der Waals surface area contributed by atoms with Crippen molar-refractivity contribution in [1.82, 2.24) is 5.32 Å². The minimum Gasteiger partial charge on any atom is -0.371 e. The zero-order chi connectivity index (χ0) is 22.9. The van der Waals surface area contributed by atoms with Gasteiger partial charge in [0.15, 0.2) is 0 Å². The molecule has 0 aromatic heterocycles. The summed E-state index contributed by atoms with van der Waals surface area (Å²) in [5.74, 6) is 0.727. The monoisotopic (exact) mass is 447 g/mol. The van der Waals surface area contributed by atoms with Crippen molar-refractivity contribution in [2.45, 2.75) is 38.4 Å². The van der Waals surface area contributed by atoms with E-state index in [1.165, 1.54) is 25.7 Å². The number of amides is 1. The number of non-ortho nitro benzene ring substituents is 1. The largest absolute Gasteiger partial charge is 0.416 e. The number of rotatable bonds is 5.